The van der Waals surface area contributed by atoms with Crippen molar-refractivity contribution < 1.29 is 1.43 Å². The minimum absolute atomic E-state index is 0. The number of benzene rings is 3. The molecule has 0 saturated heterocycles. The summed E-state index contributed by atoms with van der Waals surface area (Å²) in [5, 5.41) is 0. The second kappa shape index (κ2) is 5.84. The van der Waals surface area contributed by atoms with Gasteiger partial charge in [0.2, 0.25) is 0 Å². The average molecular weight is 363 g/mol. The zero-order valence-electron chi connectivity index (χ0n) is 12.2. The Kier molecular flexibility index (Phi) is 3.92. The Bertz CT molecular complexity index is 569. The predicted molar refractivity (Wildman–Crippen MR) is 86.1 cm³/mol. The van der Waals surface area contributed by atoms with Gasteiger partial charge in [0.05, 0.1) is 0 Å². The van der Waals surface area contributed by atoms with Gasteiger partial charge in [-0.15, -0.1) is 0 Å². The predicted octanol–water partition coefficient (Wildman–Crippen LogP) is 4.26. The molecule has 20 heavy (non-hydrogen) atoms. The summed E-state index contributed by atoms with van der Waals surface area (Å²) in [5.74, 6) is 0. The summed E-state index contributed by atoms with van der Waals surface area (Å²) in [4.78, 5) is 0. The maximum absolute atomic E-state index is 2.23. The van der Waals surface area contributed by atoms with Gasteiger partial charge in [0, 0.05) is 0 Å². The molecule has 0 atom stereocenters. The molecule has 0 aliphatic heterocycles. The summed E-state index contributed by atoms with van der Waals surface area (Å²) in [6.45, 7) is 0. The minimum atomic E-state index is -0.0312. The summed E-state index contributed by atoms with van der Waals surface area (Å²) in [5.41, 5.74) is 4.07. The van der Waals surface area contributed by atoms with E-state index in [2.05, 4.69) is 91.0 Å². The van der Waals surface area contributed by atoms with E-state index < -0.39 is 0 Å². The van der Waals surface area contributed by atoms with Gasteiger partial charge in [-0.1, -0.05) is 0 Å². The zero-order chi connectivity index (χ0) is 13.8. The van der Waals surface area contributed by atoms with Crippen molar-refractivity contribution in [2.24, 2.45) is 0 Å². The van der Waals surface area contributed by atoms with Gasteiger partial charge in [-0.2, -0.15) is 0 Å². The molecule has 0 bridgehead atoms. The molecule has 0 spiro atoms. The molecular weight excluding hydrogens is 347 g/mol. The Labute approximate surface area is 135 Å². The molecule has 3 aromatic carbocycles. The maximum atomic E-state index is 2.23. The second-order valence-corrected chi connectivity index (χ2v) is 6.99. The topological polar surface area (TPSA) is 0 Å². The summed E-state index contributed by atoms with van der Waals surface area (Å²) >= 11 is 1.48. The Balaban J connectivity index is 0.00000161. The molecule has 0 nitrogen and oxygen atoms in total. The van der Waals surface area contributed by atoms with Crippen LogP contribution in [0.25, 0.3) is 0 Å². The van der Waals surface area contributed by atoms with Gasteiger partial charge in [-0.25, -0.2) is 0 Å². The van der Waals surface area contributed by atoms with Crippen LogP contribution >= 0.6 is 0 Å². The first kappa shape index (κ1) is 13.4. The van der Waals surface area contributed by atoms with Gasteiger partial charge in [0.15, 0.2) is 0 Å². The first-order valence-electron chi connectivity index (χ1n) is 6.73. The molecule has 0 fully saturated rings. The molecule has 0 aliphatic carbocycles. The molecule has 0 saturated carbocycles. The van der Waals surface area contributed by atoms with Crippen molar-refractivity contribution in [1.29, 1.82) is 0 Å². The molecule has 0 amide bonds. The van der Waals surface area contributed by atoms with E-state index in [1.807, 2.05) is 0 Å². The Hall–Kier alpha value is -1.54. The van der Waals surface area contributed by atoms with Crippen molar-refractivity contribution in [2.75, 3.05) is 0 Å². The van der Waals surface area contributed by atoms with Crippen molar-refractivity contribution in [3.8, 4) is 0 Å². The fourth-order valence-electron chi connectivity index (χ4n) is 2.56. The van der Waals surface area contributed by atoms with Crippen LogP contribution in [0.15, 0.2) is 91.0 Å². The van der Waals surface area contributed by atoms with Crippen molar-refractivity contribution in [1.82, 2.24) is 0 Å². The number of hydrogen-bond acceptors (Lipinski definition) is 0. The van der Waals surface area contributed by atoms with Crippen molar-refractivity contribution in [3.63, 3.8) is 0 Å². The van der Waals surface area contributed by atoms with Crippen molar-refractivity contribution in [2.45, 2.75) is 3.43 Å². The third-order valence-electron chi connectivity index (χ3n) is 3.62. The monoisotopic (exact) mass is 364 g/mol. The van der Waals surface area contributed by atoms with E-state index >= 15 is 0 Å². The average Bonchev–Trinajstić information content (AvgIpc) is 2.56. The molecule has 3 radical (unpaired) electrons. The fourth-order valence-corrected chi connectivity index (χ4v) is 3.99. The van der Waals surface area contributed by atoms with Gasteiger partial charge in [0.25, 0.3) is 0 Å². The Morgan fingerprint density at radius 1 is 0.500 bits per heavy atom. The van der Waals surface area contributed by atoms with Crippen LogP contribution in [0.1, 0.15) is 18.1 Å². The third-order valence-corrected chi connectivity index (χ3v) is 6.09. The second-order valence-electron chi connectivity index (χ2n) is 4.85. The summed E-state index contributed by atoms with van der Waals surface area (Å²) in [6, 6.07) is 32.4. The van der Waals surface area contributed by atoms with Crippen LogP contribution in [0.3, 0.4) is 0 Å². The van der Waals surface area contributed by atoms with Crippen LogP contribution in [0.2, 0.25) is 0 Å². The van der Waals surface area contributed by atoms with Crippen LogP contribution in [0, 0.1) is 0 Å². The van der Waals surface area contributed by atoms with Crippen LogP contribution < -0.4 is 0 Å². The standard InChI is InChI=1S/C19H15.Sn.H/c1-4-10-16(11-5-1)19(17-12-6-2-7-13-17)18-14-8-3-9-15-18;;/h1-15H;;/q;;-1. The van der Waals surface area contributed by atoms with Crippen molar-refractivity contribution in [3.05, 3.63) is 108 Å². The van der Waals surface area contributed by atoms with Crippen LogP contribution in [-0.4, -0.2) is 22.5 Å². The van der Waals surface area contributed by atoms with E-state index in [9.17, 15) is 0 Å². The summed E-state index contributed by atoms with van der Waals surface area (Å²) < 4.78 is -0.0312. The molecule has 3 aromatic rings. The summed E-state index contributed by atoms with van der Waals surface area (Å²) in [6.07, 6.45) is 0. The van der Waals surface area contributed by atoms with E-state index in [1.165, 1.54) is 39.2 Å². The number of rotatable bonds is 3. The van der Waals surface area contributed by atoms with Crippen LogP contribution in [0.5, 0.6) is 0 Å². The molecule has 0 heterocycles. The van der Waals surface area contributed by atoms with E-state index in [-0.39, 0.29) is 4.86 Å². The van der Waals surface area contributed by atoms with Gasteiger partial charge in [-0.3, -0.25) is 0 Å². The molecule has 0 aromatic heterocycles. The van der Waals surface area contributed by atoms with Crippen molar-refractivity contribution >= 4 is 22.5 Å². The Morgan fingerprint density at radius 3 is 1.00 bits per heavy atom. The Morgan fingerprint density at radius 2 is 0.750 bits per heavy atom. The van der Waals surface area contributed by atoms with Gasteiger partial charge in [0.1, 0.15) is 0 Å². The third kappa shape index (κ3) is 2.40. The molecule has 0 N–H and O–H groups in total. The first-order chi connectivity index (χ1) is 9.82. The normalized spacial score (nSPS) is 11.2. The van der Waals surface area contributed by atoms with Gasteiger partial charge < -0.3 is 1.43 Å². The van der Waals surface area contributed by atoms with E-state index in [4.69, 9.17) is 0 Å². The SMILES string of the molecule is [H-].[Sn][C](c1ccccc1)(c1ccccc1)c1ccccc1. The zero-order valence-corrected chi connectivity index (χ0v) is 14.0. The van der Waals surface area contributed by atoms with E-state index in [1.54, 1.807) is 0 Å². The quantitative estimate of drug-likeness (QED) is 0.482. The molecule has 0 unspecified atom stereocenters. The molecular formula is C19H16Sn-. The molecule has 97 valence electrons. The van der Waals surface area contributed by atoms with E-state index in [0.29, 0.717) is 0 Å². The van der Waals surface area contributed by atoms with Gasteiger partial charge in [-0.05, 0) is 0 Å². The van der Waals surface area contributed by atoms with E-state index in [0.717, 1.165) is 0 Å². The molecule has 0 aliphatic rings. The van der Waals surface area contributed by atoms with Gasteiger partial charge >= 0.3 is 134 Å². The fraction of sp³-hybridized carbons (Fsp3) is 0.0526. The summed E-state index contributed by atoms with van der Waals surface area (Å²) in [7, 11) is 0. The van der Waals surface area contributed by atoms with Crippen LogP contribution in [-0.2, 0) is 3.43 Å². The first-order valence-corrected chi connectivity index (χ1v) is 8.16. The molecule has 3 rings (SSSR count). The van der Waals surface area contributed by atoms with Crippen LogP contribution in [0.4, 0.5) is 0 Å². The molecule has 1 heteroatoms. The number of hydrogen-bond donors (Lipinski definition) is 0.